The summed E-state index contributed by atoms with van der Waals surface area (Å²) in [6.07, 6.45) is 0. The van der Waals surface area contributed by atoms with Gasteiger partial charge in [-0.1, -0.05) is 204 Å². The molecule has 3 aliphatic rings. The van der Waals surface area contributed by atoms with Gasteiger partial charge in [0.2, 0.25) is 0 Å². The fourth-order valence-electron chi connectivity index (χ4n) is 11.9. The quantitative estimate of drug-likeness (QED) is 0.162. The first-order valence-electron chi connectivity index (χ1n) is 22.4. The van der Waals surface area contributed by atoms with E-state index in [2.05, 4.69) is 246 Å². The zero-order chi connectivity index (χ0) is 42.7. The van der Waals surface area contributed by atoms with Crippen LogP contribution in [-0.2, 0) is 16.2 Å². The summed E-state index contributed by atoms with van der Waals surface area (Å²) in [5.41, 5.74) is 25.1. The minimum atomic E-state index is -0.343. The van der Waals surface area contributed by atoms with E-state index in [-0.39, 0.29) is 16.2 Å². The average Bonchev–Trinajstić information content (AvgIpc) is 3.83. The molecule has 0 aliphatic heterocycles. The molecule has 1 atom stereocenters. The van der Waals surface area contributed by atoms with Gasteiger partial charge < -0.3 is 4.90 Å². The van der Waals surface area contributed by atoms with E-state index < -0.39 is 0 Å². The van der Waals surface area contributed by atoms with Crippen LogP contribution in [0.15, 0.2) is 206 Å². The summed E-state index contributed by atoms with van der Waals surface area (Å²) in [6, 6.07) is 77.5. The van der Waals surface area contributed by atoms with Crippen molar-refractivity contribution in [2.45, 2.75) is 50.9 Å². The largest absolute Gasteiger partial charge is 0.309 e. The van der Waals surface area contributed by atoms with Crippen LogP contribution >= 0.6 is 0 Å². The standard InChI is InChI=1S/C62H49N/c1-60(2)52-29-14-9-23-44(52)47-36-34-40(38-55(47)60)43-22-12-17-32-57(43)63(42-35-37-48-45-24-11-16-31-54(45)62(5,56(48)39-42)41-20-7-6-8-21-41)58-33-18-13-26-49(58)51-28-19-27-50-46-25-10-15-30-53(46)61(3,4)59(50)51/h6-39H,1-5H3. The molecule has 12 rings (SSSR count). The summed E-state index contributed by atoms with van der Waals surface area (Å²) < 4.78 is 0. The first-order valence-corrected chi connectivity index (χ1v) is 22.4. The lowest BCUT2D eigenvalue weighted by Crippen LogP contribution is -2.23. The van der Waals surface area contributed by atoms with Crippen molar-refractivity contribution in [1.29, 1.82) is 0 Å². The molecule has 0 spiro atoms. The molecule has 0 aromatic heterocycles. The van der Waals surface area contributed by atoms with E-state index in [0.29, 0.717) is 0 Å². The maximum atomic E-state index is 2.56. The Bertz CT molecular complexity index is 3310. The van der Waals surface area contributed by atoms with Gasteiger partial charge in [-0.25, -0.2) is 0 Å². The topological polar surface area (TPSA) is 3.24 Å². The van der Waals surface area contributed by atoms with Gasteiger partial charge in [0.25, 0.3) is 0 Å². The molecule has 1 heteroatoms. The fourth-order valence-corrected chi connectivity index (χ4v) is 11.9. The van der Waals surface area contributed by atoms with E-state index in [1.54, 1.807) is 0 Å². The Kier molecular flexibility index (Phi) is 8.13. The van der Waals surface area contributed by atoms with E-state index >= 15 is 0 Å². The first-order chi connectivity index (χ1) is 30.7. The van der Waals surface area contributed by atoms with Gasteiger partial charge in [-0.2, -0.15) is 0 Å². The van der Waals surface area contributed by atoms with E-state index in [9.17, 15) is 0 Å². The second-order valence-electron chi connectivity index (χ2n) is 19.0. The van der Waals surface area contributed by atoms with Crippen LogP contribution in [0, 0.1) is 0 Å². The van der Waals surface area contributed by atoms with Crippen LogP contribution in [0.25, 0.3) is 55.6 Å². The summed E-state index contributed by atoms with van der Waals surface area (Å²) >= 11 is 0. The molecule has 0 amide bonds. The SMILES string of the molecule is CC1(C)c2ccccc2-c2ccc(-c3ccccc3N(c3ccc4c(c3)C(C)(c3ccccc3)c3ccccc3-4)c3ccccc3-c3cccc4c3C(C)(C)c3ccccc3-4)cc21. The minimum Gasteiger partial charge on any atom is -0.309 e. The highest BCUT2D eigenvalue weighted by Crippen LogP contribution is 2.57. The van der Waals surface area contributed by atoms with Crippen molar-refractivity contribution in [2.24, 2.45) is 0 Å². The molecular formula is C62H49N. The van der Waals surface area contributed by atoms with Crippen molar-refractivity contribution >= 4 is 17.1 Å². The van der Waals surface area contributed by atoms with Gasteiger partial charge in [-0.05, 0) is 121 Å². The summed E-state index contributed by atoms with van der Waals surface area (Å²) in [6.45, 7) is 12.0. The molecule has 0 fully saturated rings. The Balaban J connectivity index is 1.11. The third-order valence-electron chi connectivity index (χ3n) is 15.0. The van der Waals surface area contributed by atoms with E-state index in [1.807, 2.05) is 0 Å². The number of fused-ring (bicyclic) bond motifs is 9. The summed E-state index contributed by atoms with van der Waals surface area (Å²) in [5.74, 6) is 0. The second-order valence-corrected chi connectivity index (χ2v) is 19.0. The van der Waals surface area contributed by atoms with Gasteiger partial charge in [0, 0.05) is 33.1 Å². The van der Waals surface area contributed by atoms with Crippen LogP contribution in [-0.4, -0.2) is 0 Å². The molecule has 0 radical (unpaired) electrons. The van der Waals surface area contributed by atoms with Crippen molar-refractivity contribution in [1.82, 2.24) is 0 Å². The predicted octanol–water partition coefficient (Wildman–Crippen LogP) is 16.4. The molecule has 0 saturated carbocycles. The highest BCUT2D eigenvalue weighted by atomic mass is 15.1. The van der Waals surface area contributed by atoms with Crippen LogP contribution in [0.4, 0.5) is 17.1 Å². The third kappa shape index (κ3) is 5.29. The summed E-state index contributed by atoms with van der Waals surface area (Å²) in [5, 5.41) is 0. The lowest BCUT2D eigenvalue weighted by molar-refractivity contribution is 0.660. The van der Waals surface area contributed by atoms with Crippen LogP contribution in [0.5, 0.6) is 0 Å². The molecule has 3 aliphatic carbocycles. The first kappa shape index (κ1) is 37.5. The normalized spacial score (nSPS) is 16.7. The number of benzene rings is 9. The van der Waals surface area contributed by atoms with Crippen LogP contribution in [0.1, 0.15) is 73.6 Å². The van der Waals surface area contributed by atoms with Gasteiger partial charge in [0.05, 0.1) is 11.4 Å². The Morgan fingerprint density at radius 2 is 0.762 bits per heavy atom. The van der Waals surface area contributed by atoms with Crippen LogP contribution < -0.4 is 4.90 Å². The van der Waals surface area contributed by atoms with Crippen LogP contribution in [0.3, 0.4) is 0 Å². The monoisotopic (exact) mass is 807 g/mol. The molecule has 302 valence electrons. The summed E-state index contributed by atoms with van der Waals surface area (Å²) in [7, 11) is 0. The maximum Gasteiger partial charge on any atom is 0.0540 e. The number of anilines is 3. The molecule has 9 aromatic rings. The Morgan fingerprint density at radius 3 is 1.46 bits per heavy atom. The molecular weight excluding hydrogens is 759 g/mol. The number of para-hydroxylation sites is 2. The smallest absolute Gasteiger partial charge is 0.0540 e. The molecule has 9 aromatic carbocycles. The zero-order valence-corrected chi connectivity index (χ0v) is 36.6. The van der Waals surface area contributed by atoms with Crippen molar-refractivity contribution < 1.29 is 0 Å². The van der Waals surface area contributed by atoms with E-state index in [0.717, 1.165) is 17.1 Å². The van der Waals surface area contributed by atoms with Crippen molar-refractivity contribution in [3.05, 3.63) is 245 Å². The van der Waals surface area contributed by atoms with Crippen LogP contribution in [0.2, 0.25) is 0 Å². The van der Waals surface area contributed by atoms with Gasteiger partial charge in [-0.3, -0.25) is 0 Å². The minimum absolute atomic E-state index is 0.113. The average molecular weight is 808 g/mol. The molecule has 0 saturated heterocycles. The van der Waals surface area contributed by atoms with Crippen molar-refractivity contribution in [3.63, 3.8) is 0 Å². The molecule has 0 bridgehead atoms. The summed E-state index contributed by atoms with van der Waals surface area (Å²) in [4.78, 5) is 2.56. The van der Waals surface area contributed by atoms with Gasteiger partial charge >= 0.3 is 0 Å². The fraction of sp³-hybridized carbons (Fsp3) is 0.129. The highest BCUT2D eigenvalue weighted by Gasteiger charge is 2.42. The second kappa shape index (κ2) is 13.6. The Hall–Kier alpha value is -7.22. The molecule has 0 N–H and O–H groups in total. The lowest BCUT2D eigenvalue weighted by atomic mass is 9.74. The third-order valence-corrected chi connectivity index (χ3v) is 15.0. The van der Waals surface area contributed by atoms with E-state index in [4.69, 9.17) is 0 Å². The highest BCUT2D eigenvalue weighted by molar-refractivity contribution is 5.98. The lowest BCUT2D eigenvalue weighted by Gasteiger charge is -2.33. The van der Waals surface area contributed by atoms with Gasteiger partial charge in [0.1, 0.15) is 0 Å². The maximum absolute atomic E-state index is 2.56. The predicted molar refractivity (Wildman–Crippen MR) is 265 cm³/mol. The number of hydrogen-bond donors (Lipinski definition) is 0. The molecule has 1 unspecified atom stereocenters. The van der Waals surface area contributed by atoms with Crippen molar-refractivity contribution in [2.75, 3.05) is 4.90 Å². The van der Waals surface area contributed by atoms with Crippen molar-refractivity contribution in [3.8, 4) is 55.6 Å². The van der Waals surface area contributed by atoms with Gasteiger partial charge in [-0.15, -0.1) is 0 Å². The molecule has 63 heavy (non-hydrogen) atoms. The zero-order valence-electron chi connectivity index (χ0n) is 36.6. The van der Waals surface area contributed by atoms with Gasteiger partial charge in [0.15, 0.2) is 0 Å². The van der Waals surface area contributed by atoms with E-state index in [1.165, 1.54) is 94.6 Å². The molecule has 1 nitrogen and oxygen atoms in total. The number of hydrogen-bond acceptors (Lipinski definition) is 1. The molecule has 0 heterocycles. The Labute approximate surface area is 372 Å². The Morgan fingerprint density at radius 1 is 0.302 bits per heavy atom. The number of rotatable bonds is 6. The number of nitrogens with zero attached hydrogens (tertiary/aromatic N) is 1.